The lowest BCUT2D eigenvalue weighted by molar-refractivity contribution is 0.322. The van der Waals surface area contributed by atoms with Gasteiger partial charge in [-0.2, -0.15) is 11.8 Å². The van der Waals surface area contributed by atoms with Gasteiger partial charge >= 0.3 is 0 Å². The van der Waals surface area contributed by atoms with Gasteiger partial charge in [-0.1, -0.05) is 27.2 Å². The fraction of sp³-hybridized carbons (Fsp3) is 1.00. The Hall–Kier alpha value is 0.310. The standard InChI is InChI=1S/C8H18OS/c1-4-7(2)8(3)10-6-5-9/h7-9H,4-6H2,1-3H3. The summed E-state index contributed by atoms with van der Waals surface area (Å²) >= 11 is 1.86. The Balaban J connectivity index is 3.31. The molecule has 0 radical (unpaired) electrons. The van der Waals surface area contributed by atoms with Crippen LogP contribution >= 0.6 is 11.8 Å². The predicted octanol–water partition coefficient (Wildman–Crippen LogP) is 2.15. The first-order chi connectivity index (χ1) is 4.72. The summed E-state index contributed by atoms with van der Waals surface area (Å²) in [6.45, 7) is 7.01. The van der Waals surface area contributed by atoms with Crippen LogP contribution in [-0.4, -0.2) is 22.7 Å². The fourth-order valence-electron chi connectivity index (χ4n) is 0.735. The lowest BCUT2D eigenvalue weighted by Crippen LogP contribution is -2.10. The molecule has 0 saturated carbocycles. The third kappa shape index (κ3) is 4.18. The largest absolute Gasteiger partial charge is 0.396 e. The minimum atomic E-state index is 0.311. The molecule has 2 heteroatoms. The summed E-state index contributed by atoms with van der Waals surface area (Å²) in [7, 11) is 0. The van der Waals surface area contributed by atoms with Gasteiger partial charge in [-0.15, -0.1) is 0 Å². The van der Waals surface area contributed by atoms with Gasteiger partial charge in [-0.25, -0.2) is 0 Å². The first-order valence-corrected chi connectivity index (χ1v) is 4.99. The number of aliphatic hydroxyl groups is 1. The van der Waals surface area contributed by atoms with Gasteiger partial charge in [-0.05, 0) is 5.92 Å². The van der Waals surface area contributed by atoms with E-state index in [0.717, 1.165) is 11.7 Å². The molecule has 0 aliphatic rings. The average molecular weight is 162 g/mol. The lowest BCUT2D eigenvalue weighted by Gasteiger charge is -2.16. The van der Waals surface area contributed by atoms with E-state index in [-0.39, 0.29) is 0 Å². The first-order valence-electron chi connectivity index (χ1n) is 3.94. The van der Waals surface area contributed by atoms with Crippen LogP contribution in [0.25, 0.3) is 0 Å². The minimum Gasteiger partial charge on any atom is -0.396 e. The van der Waals surface area contributed by atoms with E-state index < -0.39 is 0 Å². The Morgan fingerprint density at radius 1 is 1.40 bits per heavy atom. The second-order valence-electron chi connectivity index (χ2n) is 2.69. The highest BCUT2D eigenvalue weighted by molar-refractivity contribution is 7.99. The first kappa shape index (κ1) is 10.3. The summed E-state index contributed by atoms with van der Waals surface area (Å²) in [5, 5.41) is 9.24. The molecule has 0 spiro atoms. The number of rotatable bonds is 5. The molecule has 0 rings (SSSR count). The van der Waals surface area contributed by atoms with E-state index in [2.05, 4.69) is 20.8 Å². The molecular weight excluding hydrogens is 144 g/mol. The highest BCUT2D eigenvalue weighted by atomic mass is 32.2. The molecule has 0 aliphatic heterocycles. The molecule has 0 aliphatic carbocycles. The Morgan fingerprint density at radius 2 is 2.00 bits per heavy atom. The van der Waals surface area contributed by atoms with Crippen molar-refractivity contribution in [3.05, 3.63) is 0 Å². The maximum Gasteiger partial charge on any atom is 0.0521 e. The monoisotopic (exact) mass is 162 g/mol. The molecule has 2 unspecified atom stereocenters. The van der Waals surface area contributed by atoms with Crippen molar-refractivity contribution in [3.8, 4) is 0 Å². The summed E-state index contributed by atoms with van der Waals surface area (Å²) in [5.41, 5.74) is 0. The molecule has 1 nitrogen and oxygen atoms in total. The maximum atomic E-state index is 8.55. The third-order valence-electron chi connectivity index (χ3n) is 1.92. The van der Waals surface area contributed by atoms with Crippen LogP contribution in [0.15, 0.2) is 0 Å². The average Bonchev–Trinajstić information content (AvgIpc) is 1.98. The molecule has 0 bridgehead atoms. The van der Waals surface area contributed by atoms with Gasteiger partial charge in [0, 0.05) is 11.0 Å². The van der Waals surface area contributed by atoms with E-state index >= 15 is 0 Å². The van der Waals surface area contributed by atoms with Crippen LogP contribution in [-0.2, 0) is 0 Å². The van der Waals surface area contributed by atoms with Crippen LogP contribution in [0.3, 0.4) is 0 Å². The van der Waals surface area contributed by atoms with E-state index in [1.807, 2.05) is 11.8 Å². The van der Waals surface area contributed by atoms with Gasteiger partial charge in [-0.3, -0.25) is 0 Å². The number of thioether (sulfide) groups is 1. The normalized spacial score (nSPS) is 16.8. The van der Waals surface area contributed by atoms with Gasteiger partial charge in [0.1, 0.15) is 0 Å². The van der Waals surface area contributed by atoms with Gasteiger partial charge in [0.05, 0.1) is 6.61 Å². The zero-order chi connectivity index (χ0) is 7.98. The van der Waals surface area contributed by atoms with E-state index in [1.165, 1.54) is 6.42 Å². The van der Waals surface area contributed by atoms with Crippen molar-refractivity contribution in [2.75, 3.05) is 12.4 Å². The third-order valence-corrected chi connectivity index (χ3v) is 3.33. The summed E-state index contributed by atoms with van der Waals surface area (Å²) in [4.78, 5) is 0. The topological polar surface area (TPSA) is 20.2 Å². The molecule has 0 amide bonds. The molecule has 0 saturated heterocycles. The molecule has 0 heterocycles. The summed E-state index contributed by atoms with van der Waals surface area (Å²) in [6.07, 6.45) is 1.24. The zero-order valence-electron chi connectivity index (χ0n) is 7.13. The van der Waals surface area contributed by atoms with Gasteiger partial charge in [0.2, 0.25) is 0 Å². The summed E-state index contributed by atoms with van der Waals surface area (Å²) in [5.74, 6) is 1.66. The molecule has 0 aromatic carbocycles. The number of hydrogen-bond donors (Lipinski definition) is 1. The number of hydrogen-bond acceptors (Lipinski definition) is 2. The van der Waals surface area contributed by atoms with Crippen molar-refractivity contribution in [1.82, 2.24) is 0 Å². The van der Waals surface area contributed by atoms with E-state index in [4.69, 9.17) is 5.11 Å². The molecule has 10 heavy (non-hydrogen) atoms. The smallest absolute Gasteiger partial charge is 0.0521 e. The highest BCUT2D eigenvalue weighted by Crippen LogP contribution is 2.20. The maximum absolute atomic E-state index is 8.55. The van der Waals surface area contributed by atoms with Crippen molar-refractivity contribution in [1.29, 1.82) is 0 Å². The second-order valence-corrected chi connectivity index (χ2v) is 4.17. The van der Waals surface area contributed by atoms with E-state index in [1.54, 1.807) is 0 Å². The SMILES string of the molecule is CCC(C)C(C)SCCO. The molecule has 0 fully saturated rings. The molecule has 1 N–H and O–H groups in total. The van der Waals surface area contributed by atoms with Crippen molar-refractivity contribution in [3.63, 3.8) is 0 Å². The Morgan fingerprint density at radius 3 is 2.40 bits per heavy atom. The minimum absolute atomic E-state index is 0.311. The molecule has 2 atom stereocenters. The Labute approximate surface area is 68.2 Å². The summed E-state index contributed by atoms with van der Waals surface area (Å²) in [6, 6.07) is 0. The summed E-state index contributed by atoms with van der Waals surface area (Å²) < 4.78 is 0. The molecule has 62 valence electrons. The van der Waals surface area contributed by atoms with Gasteiger partial charge < -0.3 is 5.11 Å². The van der Waals surface area contributed by atoms with Crippen LogP contribution in [0.2, 0.25) is 0 Å². The fourth-order valence-corrected chi connectivity index (χ4v) is 1.73. The van der Waals surface area contributed by atoms with E-state index in [9.17, 15) is 0 Å². The highest BCUT2D eigenvalue weighted by Gasteiger charge is 2.08. The lowest BCUT2D eigenvalue weighted by atomic mass is 10.1. The van der Waals surface area contributed by atoms with Crippen molar-refractivity contribution >= 4 is 11.8 Å². The Bertz CT molecular complexity index is 75.7. The van der Waals surface area contributed by atoms with Crippen LogP contribution in [0.5, 0.6) is 0 Å². The van der Waals surface area contributed by atoms with Crippen molar-refractivity contribution in [2.45, 2.75) is 32.4 Å². The molecule has 0 aromatic heterocycles. The molecular formula is C8H18OS. The van der Waals surface area contributed by atoms with Crippen molar-refractivity contribution in [2.24, 2.45) is 5.92 Å². The molecule has 0 aromatic rings. The number of aliphatic hydroxyl groups excluding tert-OH is 1. The van der Waals surface area contributed by atoms with Crippen LogP contribution in [0.4, 0.5) is 0 Å². The van der Waals surface area contributed by atoms with Gasteiger partial charge in [0.25, 0.3) is 0 Å². The van der Waals surface area contributed by atoms with Crippen LogP contribution in [0, 0.1) is 5.92 Å². The Kier molecular flexibility index (Phi) is 6.24. The van der Waals surface area contributed by atoms with Gasteiger partial charge in [0.15, 0.2) is 0 Å². The van der Waals surface area contributed by atoms with Crippen LogP contribution in [0.1, 0.15) is 27.2 Å². The predicted molar refractivity (Wildman–Crippen MR) is 48.5 cm³/mol. The second kappa shape index (κ2) is 6.05. The van der Waals surface area contributed by atoms with Crippen molar-refractivity contribution < 1.29 is 5.11 Å². The van der Waals surface area contributed by atoms with E-state index in [0.29, 0.717) is 11.9 Å². The quantitative estimate of drug-likeness (QED) is 0.668. The zero-order valence-corrected chi connectivity index (χ0v) is 7.95. The van der Waals surface area contributed by atoms with Crippen LogP contribution < -0.4 is 0 Å².